The molecule has 5 aliphatic heterocycles. The van der Waals surface area contributed by atoms with Crippen molar-refractivity contribution in [3.63, 3.8) is 0 Å². The van der Waals surface area contributed by atoms with Crippen molar-refractivity contribution in [2.24, 2.45) is 5.92 Å². The van der Waals surface area contributed by atoms with Gasteiger partial charge in [0.25, 0.3) is 0 Å². The first kappa shape index (κ1) is 14.7. The largest absolute Gasteiger partial charge is 0.497 e. The number of fused-ring (bicyclic) bond motifs is 3. The van der Waals surface area contributed by atoms with Gasteiger partial charge in [-0.05, 0) is 61.6 Å². The molecule has 2 aromatic rings. The Morgan fingerprint density at radius 2 is 2.29 bits per heavy atom. The minimum atomic E-state index is 0.0477. The van der Waals surface area contributed by atoms with Gasteiger partial charge in [-0.2, -0.15) is 0 Å². The molecule has 5 atom stereocenters. The number of morpholine rings is 1. The highest BCUT2D eigenvalue weighted by Gasteiger charge is 2.58. The molecular weight excluding hydrogens is 300 g/mol. The molecule has 0 amide bonds. The van der Waals surface area contributed by atoms with E-state index in [0.29, 0.717) is 6.04 Å². The van der Waals surface area contributed by atoms with Crippen LogP contribution >= 0.6 is 0 Å². The summed E-state index contributed by atoms with van der Waals surface area (Å²) in [5, 5.41) is 1.16. The molecule has 1 aromatic heterocycles. The quantitative estimate of drug-likeness (QED) is 0.865. The van der Waals surface area contributed by atoms with Crippen LogP contribution in [0.1, 0.15) is 37.9 Å². The van der Waals surface area contributed by atoms with Crippen molar-refractivity contribution in [3.8, 4) is 5.75 Å². The van der Waals surface area contributed by atoms with E-state index in [-0.39, 0.29) is 11.7 Å². The summed E-state index contributed by atoms with van der Waals surface area (Å²) in [6, 6.07) is 8.78. The topological polar surface area (TPSA) is 34.6 Å². The third-order valence-corrected chi connectivity index (χ3v) is 6.57. The fraction of sp³-hybridized carbons (Fsp3) is 0.550. The summed E-state index contributed by atoms with van der Waals surface area (Å²) in [5.74, 6) is 1.61. The number of ether oxygens (including phenoxy) is 2. The zero-order chi connectivity index (χ0) is 16.3. The van der Waals surface area contributed by atoms with Gasteiger partial charge in [-0.3, -0.25) is 9.88 Å². The maximum absolute atomic E-state index is 6.81. The van der Waals surface area contributed by atoms with Gasteiger partial charge in [0.15, 0.2) is 0 Å². The second-order valence-electron chi connectivity index (χ2n) is 7.50. The van der Waals surface area contributed by atoms with E-state index in [0.717, 1.165) is 35.5 Å². The van der Waals surface area contributed by atoms with Gasteiger partial charge in [0.2, 0.25) is 0 Å². The maximum Gasteiger partial charge on any atom is 0.119 e. The second kappa shape index (κ2) is 5.17. The molecule has 5 fully saturated rings. The zero-order valence-electron chi connectivity index (χ0n) is 14.4. The van der Waals surface area contributed by atoms with Crippen molar-refractivity contribution in [2.45, 2.75) is 43.9 Å². The van der Waals surface area contributed by atoms with Gasteiger partial charge in [0.1, 0.15) is 5.75 Å². The van der Waals surface area contributed by atoms with Crippen molar-refractivity contribution in [1.29, 1.82) is 0 Å². The number of benzene rings is 1. The van der Waals surface area contributed by atoms with E-state index in [2.05, 4.69) is 28.9 Å². The summed E-state index contributed by atoms with van der Waals surface area (Å²) in [5.41, 5.74) is 2.34. The van der Waals surface area contributed by atoms with Crippen molar-refractivity contribution in [2.75, 3.05) is 20.2 Å². The molecule has 1 aromatic carbocycles. The van der Waals surface area contributed by atoms with Gasteiger partial charge in [0, 0.05) is 24.2 Å². The lowest BCUT2D eigenvalue weighted by Crippen LogP contribution is -2.70. The van der Waals surface area contributed by atoms with Gasteiger partial charge in [0.05, 0.1) is 24.3 Å². The average Bonchev–Trinajstić information content (AvgIpc) is 2.66. The summed E-state index contributed by atoms with van der Waals surface area (Å²) < 4.78 is 12.3. The Hall–Kier alpha value is -1.65. The predicted octanol–water partition coefficient (Wildman–Crippen LogP) is 3.56. The van der Waals surface area contributed by atoms with Crippen LogP contribution in [0, 0.1) is 5.92 Å². The van der Waals surface area contributed by atoms with E-state index in [1.165, 1.54) is 24.9 Å². The normalized spacial score (nSPS) is 37.1. The molecule has 5 saturated heterocycles. The number of methoxy groups -OCH3 is 1. The first-order valence-electron chi connectivity index (χ1n) is 9.08. The molecule has 4 bridgehead atoms. The molecule has 0 saturated carbocycles. The Morgan fingerprint density at radius 1 is 1.38 bits per heavy atom. The third-order valence-electron chi connectivity index (χ3n) is 6.57. The van der Waals surface area contributed by atoms with Crippen molar-refractivity contribution >= 4 is 10.9 Å². The van der Waals surface area contributed by atoms with E-state index >= 15 is 0 Å². The lowest BCUT2D eigenvalue weighted by Gasteiger charge is -2.64. The monoisotopic (exact) mass is 324 g/mol. The molecule has 126 valence electrons. The highest BCUT2D eigenvalue weighted by molar-refractivity contribution is 5.84. The van der Waals surface area contributed by atoms with Crippen molar-refractivity contribution < 1.29 is 9.47 Å². The Labute approximate surface area is 142 Å². The van der Waals surface area contributed by atoms with E-state index in [4.69, 9.17) is 9.47 Å². The Kier molecular flexibility index (Phi) is 3.16. The van der Waals surface area contributed by atoms with Crippen LogP contribution in [0.5, 0.6) is 5.75 Å². The molecular formula is C20H24N2O2. The summed E-state index contributed by atoms with van der Waals surface area (Å²) in [6.45, 7) is 4.62. The Balaban J connectivity index is 1.63. The van der Waals surface area contributed by atoms with Crippen LogP contribution in [0.15, 0.2) is 30.5 Å². The van der Waals surface area contributed by atoms with Crippen LogP contribution in [-0.2, 0) is 4.74 Å². The molecule has 0 spiro atoms. The SMILES string of the molecule is CC[C@]12CN3CC[C@H]1CC3[C@H](c1ccnc3ccc(OC)cc13)O2. The highest BCUT2D eigenvalue weighted by Crippen LogP contribution is 2.54. The zero-order valence-corrected chi connectivity index (χ0v) is 14.4. The molecule has 6 heterocycles. The number of hydrogen-bond donors (Lipinski definition) is 0. The van der Waals surface area contributed by atoms with E-state index < -0.39 is 0 Å². The van der Waals surface area contributed by atoms with Crippen molar-refractivity contribution in [3.05, 3.63) is 36.0 Å². The molecule has 4 heteroatoms. The summed E-state index contributed by atoms with van der Waals surface area (Å²) in [7, 11) is 1.72. The van der Waals surface area contributed by atoms with Crippen LogP contribution < -0.4 is 4.74 Å². The van der Waals surface area contributed by atoms with Gasteiger partial charge in [-0.25, -0.2) is 0 Å². The lowest BCUT2D eigenvalue weighted by molar-refractivity contribution is -0.274. The number of nitrogens with zero attached hydrogens (tertiary/aromatic N) is 2. The van der Waals surface area contributed by atoms with Crippen LogP contribution in [0.25, 0.3) is 10.9 Å². The number of pyridine rings is 1. The molecule has 24 heavy (non-hydrogen) atoms. The molecule has 4 nitrogen and oxygen atoms in total. The van der Waals surface area contributed by atoms with E-state index in [1.54, 1.807) is 7.11 Å². The van der Waals surface area contributed by atoms with Crippen molar-refractivity contribution in [1.82, 2.24) is 9.88 Å². The number of rotatable bonds is 3. The number of aromatic nitrogens is 1. The average molecular weight is 324 g/mol. The Bertz CT molecular complexity index is 792. The summed E-state index contributed by atoms with van der Waals surface area (Å²) in [4.78, 5) is 7.21. The highest BCUT2D eigenvalue weighted by atomic mass is 16.5. The molecule has 7 rings (SSSR count). The predicted molar refractivity (Wildman–Crippen MR) is 93.2 cm³/mol. The van der Waals surface area contributed by atoms with Gasteiger partial charge in [-0.15, -0.1) is 0 Å². The van der Waals surface area contributed by atoms with Crippen LogP contribution in [0.4, 0.5) is 0 Å². The van der Waals surface area contributed by atoms with Crippen LogP contribution in [-0.4, -0.2) is 41.7 Å². The van der Waals surface area contributed by atoms with Gasteiger partial charge >= 0.3 is 0 Å². The van der Waals surface area contributed by atoms with Gasteiger partial charge < -0.3 is 9.47 Å². The summed E-state index contributed by atoms with van der Waals surface area (Å²) >= 11 is 0. The Morgan fingerprint density at radius 3 is 3.04 bits per heavy atom. The number of piperidine rings is 3. The minimum absolute atomic E-state index is 0.0477. The van der Waals surface area contributed by atoms with E-state index in [9.17, 15) is 0 Å². The fourth-order valence-electron chi connectivity index (χ4n) is 5.25. The molecule has 0 aliphatic carbocycles. The van der Waals surface area contributed by atoms with E-state index in [1.807, 2.05) is 18.3 Å². The number of hydrogen-bond acceptors (Lipinski definition) is 4. The molecule has 0 radical (unpaired) electrons. The lowest BCUT2D eigenvalue weighted by atomic mass is 9.66. The molecule has 0 N–H and O–H groups in total. The van der Waals surface area contributed by atoms with Crippen LogP contribution in [0.2, 0.25) is 0 Å². The second-order valence-corrected chi connectivity index (χ2v) is 7.50. The first-order chi connectivity index (χ1) is 11.7. The minimum Gasteiger partial charge on any atom is -0.497 e. The fourth-order valence-corrected chi connectivity index (χ4v) is 5.25. The molecule has 5 aliphatic rings. The first-order valence-corrected chi connectivity index (χ1v) is 9.08. The van der Waals surface area contributed by atoms with Gasteiger partial charge in [-0.1, -0.05) is 6.92 Å². The van der Waals surface area contributed by atoms with Crippen LogP contribution in [0.3, 0.4) is 0 Å². The summed E-state index contributed by atoms with van der Waals surface area (Å²) in [6.07, 6.45) is 5.73. The standard InChI is InChI=1S/C20H24N2O2/c1-3-20-12-22-9-7-13(20)10-18(22)19(24-20)15-6-8-21-17-5-4-14(23-2)11-16(15)17/h4-6,8,11,13,18-19H,3,7,9-10,12H2,1-2H3/t13-,18?,19-,20-/m0/s1. The smallest absolute Gasteiger partial charge is 0.119 e. The molecule has 2 unspecified atom stereocenters. The third kappa shape index (κ3) is 1.90. The maximum atomic E-state index is 6.81.